The largest absolute Gasteiger partial charge is 0.508 e. The molecule has 0 radical (unpaired) electrons. The monoisotopic (exact) mass is 268 g/mol. The van der Waals surface area contributed by atoms with Crippen LogP contribution in [0.25, 0.3) is 0 Å². The quantitative estimate of drug-likeness (QED) is 0.801. The fourth-order valence-corrected chi connectivity index (χ4v) is 2.44. The van der Waals surface area contributed by atoms with E-state index < -0.39 is 0 Å². The summed E-state index contributed by atoms with van der Waals surface area (Å²) in [6.07, 6.45) is 1.25. The molecule has 0 aromatic heterocycles. The van der Waals surface area contributed by atoms with E-state index in [1.54, 1.807) is 18.2 Å². The molecule has 0 aliphatic carbocycles. The summed E-state index contributed by atoms with van der Waals surface area (Å²) < 4.78 is 0. The van der Waals surface area contributed by atoms with Crippen LogP contribution >= 0.6 is 0 Å². The van der Waals surface area contributed by atoms with Crippen LogP contribution < -0.4 is 10.6 Å². The SMILES string of the molecule is O=C(Cc1cccc(O)c1)Nc1ccc2c(c1)CCN2. The van der Waals surface area contributed by atoms with Gasteiger partial charge in [0.2, 0.25) is 5.91 Å². The van der Waals surface area contributed by atoms with E-state index in [0.717, 1.165) is 29.9 Å². The first-order valence-electron chi connectivity index (χ1n) is 6.65. The van der Waals surface area contributed by atoms with Crippen molar-refractivity contribution in [2.45, 2.75) is 12.8 Å². The summed E-state index contributed by atoms with van der Waals surface area (Å²) in [5.74, 6) is 0.0976. The summed E-state index contributed by atoms with van der Waals surface area (Å²) in [4.78, 5) is 12.0. The van der Waals surface area contributed by atoms with Gasteiger partial charge in [-0.1, -0.05) is 12.1 Å². The van der Waals surface area contributed by atoms with Crippen molar-refractivity contribution in [1.82, 2.24) is 0 Å². The van der Waals surface area contributed by atoms with E-state index in [0.29, 0.717) is 0 Å². The Labute approximate surface area is 117 Å². The van der Waals surface area contributed by atoms with Gasteiger partial charge in [0.1, 0.15) is 5.75 Å². The molecule has 1 aliphatic rings. The van der Waals surface area contributed by atoms with Crippen molar-refractivity contribution in [3.8, 4) is 5.75 Å². The maximum absolute atomic E-state index is 12.0. The standard InChI is InChI=1S/C16H16N2O2/c19-14-3-1-2-11(8-14)9-16(20)18-13-4-5-15-12(10-13)6-7-17-15/h1-5,8,10,17,19H,6-7,9H2,(H,18,20). The summed E-state index contributed by atoms with van der Waals surface area (Å²) in [6, 6.07) is 12.7. The van der Waals surface area contributed by atoms with Gasteiger partial charge < -0.3 is 15.7 Å². The number of benzene rings is 2. The molecule has 0 spiro atoms. The van der Waals surface area contributed by atoms with Crippen molar-refractivity contribution in [3.05, 3.63) is 53.6 Å². The third-order valence-electron chi connectivity index (χ3n) is 3.37. The maximum atomic E-state index is 12.0. The van der Waals surface area contributed by atoms with Crippen LogP contribution in [0, 0.1) is 0 Å². The fraction of sp³-hybridized carbons (Fsp3) is 0.188. The summed E-state index contributed by atoms with van der Waals surface area (Å²) >= 11 is 0. The predicted molar refractivity (Wildman–Crippen MR) is 79.1 cm³/mol. The van der Waals surface area contributed by atoms with Crippen LogP contribution in [0.1, 0.15) is 11.1 Å². The summed E-state index contributed by atoms with van der Waals surface area (Å²) in [7, 11) is 0. The average Bonchev–Trinajstić information content (AvgIpc) is 2.86. The Morgan fingerprint density at radius 2 is 2.15 bits per heavy atom. The molecule has 2 aromatic rings. The number of phenolic OH excluding ortho intramolecular Hbond substituents is 1. The highest BCUT2D eigenvalue weighted by Crippen LogP contribution is 2.25. The highest BCUT2D eigenvalue weighted by atomic mass is 16.3. The summed E-state index contributed by atoms with van der Waals surface area (Å²) in [5, 5.41) is 15.6. The number of hydrogen-bond acceptors (Lipinski definition) is 3. The second-order valence-electron chi connectivity index (χ2n) is 4.94. The van der Waals surface area contributed by atoms with Crippen LogP contribution in [0.2, 0.25) is 0 Å². The molecule has 20 heavy (non-hydrogen) atoms. The van der Waals surface area contributed by atoms with Gasteiger partial charge in [0.05, 0.1) is 6.42 Å². The Balaban J connectivity index is 1.67. The second kappa shape index (κ2) is 5.25. The first kappa shape index (κ1) is 12.5. The molecule has 102 valence electrons. The number of amides is 1. The van der Waals surface area contributed by atoms with Crippen molar-refractivity contribution in [3.63, 3.8) is 0 Å². The van der Waals surface area contributed by atoms with Crippen molar-refractivity contribution >= 4 is 17.3 Å². The van der Waals surface area contributed by atoms with E-state index in [4.69, 9.17) is 0 Å². The van der Waals surface area contributed by atoms with Gasteiger partial charge in [-0.05, 0) is 47.9 Å². The van der Waals surface area contributed by atoms with Gasteiger partial charge in [-0.15, -0.1) is 0 Å². The number of hydrogen-bond donors (Lipinski definition) is 3. The van der Waals surface area contributed by atoms with Gasteiger partial charge in [-0.2, -0.15) is 0 Å². The molecule has 1 heterocycles. The molecule has 4 nitrogen and oxygen atoms in total. The number of aromatic hydroxyl groups is 1. The van der Waals surface area contributed by atoms with Crippen LogP contribution in [0.4, 0.5) is 11.4 Å². The number of carbonyl (C=O) groups excluding carboxylic acids is 1. The molecule has 2 aromatic carbocycles. The van der Waals surface area contributed by atoms with E-state index >= 15 is 0 Å². The molecule has 4 heteroatoms. The number of fused-ring (bicyclic) bond motifs is 1. The van der Waals surface area contributed by atoms with Gasteiger partial charge in [-0.25, -0.2) is 0 Å². The average molecular weight is 268 g/mol. The lowest BCUT2D eigenvalue weighted by Gasteiger charge is -2.07. The highest BCUT2D eigenvalue weighted by Gasteiger charge is 2.11. The van der Waals surface area contributed by atoms with Crippen molar-refractivity contribution < 1.29 is 9.90 Å². The molecule has 1 amide bonds. The molecule has 0 bridgehead atoms. The molecule has 0 fully saturated rings. The minimum absolute atomic E-state index is 0.0819. The van der Waals surface area contributed by atoms with Crippen LogP contribution in [0.3, 0.4) is 0 Å². The molecule has 0 unspecified atom stereocenters. The second-order valence-corrected chi connectivity index (χ2v) is 4.94. The van der Waals surface area contributed by atoms with Crippen molar-refractivity contribution in [1.29, 1.82) is 0 Å². The van der Waals surface area contributed by atoms with Crippen LogP contribution in [-0.4, -0.2) is 17.6 Å². The third-order valence-corrected chi connectivity index (χ3v) is 3.37. The molecule has 0 saturated heterocycles. The lowest BCUT2D eigenvalue weighted by atomic mass is 10.1. The minimum Gasteiger partial charge on any atom is -0.508 e. The molecule has 0 atom stereocenters. The Kier molecular flexibility index (Phi) is 3.29. The highest BCUT2D eigenvalue weighted by molar-refractivity contribution is 5.92. The lowest BCUT2D eigenvalue weighted by Crippen LogP contribution is -2.14. The Morgan fingerprint density at radius 1 is 1.25 bits per heavy atom. The fourth-order valence-electron chi connectivity index (χ4n) is 2.44. The van der Waals surface area contributed by atoms with Gasteiger partial charge in [0.25, 0.3) is 0 Å². The van der Waals surface area contributed by atoms with Gasteiger partial charge in [-0.3, -0.25) is 4.79 Å². The smallest absolute Gasteiger partial charge is 0.228 e. The molecular weight excluding hydrogens is 252 g/mol. The lowest BCUT2D eigenvalue weighted by molar-refractivity contribution is -0.115. The minimum atomic E-state index is -0.0819. The first-order valence-corrected chi connectivity index (χ1v) is 6.65. The van der Waals surface area contributed by atoms with Crippen molar-refractivity contribution in [2.24, 2.45) is 0 Å². The van der Waals surface area contributed by atoms with Gasteiger partial charge >= 0.3 is 0 Å². The molecular formula is C16H16N2O2. The van der Waals surface area contributed by atoms with E-state index in [-0.39, 0.29) is 18.1 Å². The zero-order chi connectivity index (χ0) is 13.9. The summed E-state index contributed by atoms with van der Waals surface area (Å²) in [6.45, 7) is 0.954. The molecule has 3 N–H and O–H groups in total. The number of anilines is 2. The van der Waals surface area contributed by atoms with E-state index in [1.165, 1.54) is 5.56 Å². The Bertz CT molecular complexity index is 653. The summed E-state index contributed by atoms with van der Waals surface area (Å²) in [5.41, 5.74) is 4.00. The number of phenols is 1. The number of nitrogens with one attached hydrogen (secondary N) is 2. The zero-order valence-corrected chi connectivity index (χ0v) is 11.0. The zero-order valence-electron chi connectivity index (χ0n) is 11.0. The molecule has 0 saturated carbocycles. The Hall–Kier alpha value is -2.49. The van der Waals surface area contributed by atoms with Crippen LogP contribution in [-0.2, 0) is 17.6 Å². The van der Waals surface area contributed by atoms with Gasteiger partial charge in [0.15, 0.2) is 0 Å². The van der Waals surface area contributed by atoms with Crippen molar-refractivity contribution in [2.75, 3.05) is 17.2 Å². The van der Waals surface area contributed by atoms with Gasteiger partial charge in [0, 0.05) is 17.9 Å². The van der Waals surface area contributed by atoms with Crippen LogP contribution in [0.5, 0.6) is 5.75 Å². The first-order chi connectivity index (χ1) is 9.70. The van der Waals surface area contributed by atoms with E-state index in [1.807, 2.05) is 24.3 Å². The third kappa shape index (κ3) is 2.74. The van der Waals surface area contributed by atoms with E-state index in [2.05, 4.69) is 10.6 Å². The maximum Gasteiger partial charge on any atom is 0.228 e. The predicted octanol–water partition coefficient (Wildman–Crippen LogP) is 2.54. The topological polar surface area (TPSA) is 61.4 Å². The Morgan fingerprint density at radius 3 is 3.00 bits per heavy atom. The van der Waals surface area contributed by atoms with Crippen LogP contribution in [0.15, 0.2) is 42.5 Å². The number of carbonyl (C=O) groups is 1. The molecule has 3 rings (SSSR count). The normalized spacial score (nSPS) is 12.6. The van der Waals surface area contributed by atoms with E-state index in [9.17, 15) is 9.90 Å². The number of rotatable bonds is 3. The molecule has 1 aliphatic heterocycles.